The van der Waals surface area contributed by atoms with Gasteiger partial charge in [0.05, 0.1) is 0 Å². The molecular weight excluding hydrogens is 274 g/mol. The van der Waals surface area contributed by atoms with Gasteiger partial charge in [-0.15, -0.1) is 0 Å². The van der Waals surface area contributed by atoms with Gasteiger partial charge in [0.2, 0.25) is 0 Å². The summed E-state index contributed by atoms with van der Waals surface area (Å²) < 4.78 is 5.59. The smallest absolute Gasteiger partial charge is 0.122 e. The first-order valence-electron chi connectivity index (χ1n) is 6.51. The van der Waals surface area contributed by atoms with Gasteiger partial charge in [0.15, 0.2) is 0 Å². The van der Waals surface area contributed by atoms with Crippen molar-refractivity contribution in [2.75, 3.05) is 18.5 Å². The molecule has 2 aromatic rings. The predicted molar refractivity (Wildman–Crippen MR) is 82.6 cm³/mol. The van der Waals surface area contributed by atoms with E-state index < -0.39 is 6.10 Å². The van der Waals surface area contributed by atoms with Crippen molar-refractivity contribution >= 4 is 17.3 Å². The van der Waals surface area contributed by atoms with E-state index in [1.54, 1.807) is 12.1 Å². The van der Waals surface area contributed by atoms with Crippen molar-refractivity contribution in [1.82, 2.24) is 0 Å². The first kappa shape index (κ1) is 14.7. The van der Waals surface area contributed by atoms with Crippen LogP contribution < -0.4 is 10.1 Å². The molecule has 0 amide bonds. The van der Waals surface area contributed by atoms with Crippen LogP contribution in [0, 0.1) is 6.92 Å². The Kier molecular flexibility index (Phi) is 5.27. The van der Waals surface area contributed by atoms with Crippen molar-refractivity contribution in [3.05, 3.63) is 59.1 Å². The fourth-order valence-electron chi connectivity index (χ4n) is 1.77. The number of hydrogen-bond acceptors (Lipinski definition) is 3. The summed E-state index contributed by atoms with van der Waals surface area (Å²) in [6.45, 7) is 2.66. The molecule has 0 aliphatic carbocycles. The highest BCUT2D eigenvalue weighted by Gasteiger charge is 2.06. The SMILES string of the molecule is Cc1ccccc1OCC(O)CNc1ccc(Cl)cc1. The fraction of sp³-hybridized carbons (Fsp3) is 0.250. The number of anilines is 1. The maximum atomic E-state index is 9.90. The Bertz CT molecular complexity index is 542. The third kappa shape index (κ3) is 4.44. The Morgan fingerprint density at radius 2 is 1.85 bits per heavy atom. The quantitative estimate of drug-likeness (QED) is 0.856. The third-order valence-electron chi connectivity index (χ3n) is 2.91. The summed E-state index contributed by atoms with van der Waals surface area (Å²) in [6.07, 6.45) is -0.578. The predicted octanol–water partition coefficient (Wildman–Crippen LogP) is 3.50. The molecule has 0 fully saturated rings. The lowest BCUT2D eigenvalue weighted by Gasteiger charge is -2.15. The molecule has 106 valence electrons. The lowest BCUT2D eigenvalue weighted by molar-refractivity contribution is 0.117. The van der Waals surface area contributed by atoms with E-state index in [9.17, 15) is 5.11 Å². The molecule has 2 aromatic carbocycles. The Labute approximate surface area is 124 Å². The Balaban J connectivity index is 1.77. The second-order valence-electron chi connectivity index (χ2n) is 4.62. The molecule has 2 rings (SSSR count). The van der Waals surface area contributed by atoms with E-state index in [1.165, 1.54) is 0 Å². The normalized spacial score (nSPS) is 11.9. The van der Waals surface area contributed by atoms with Crippen molar-refractivity contribution in [1.29, 1.82) is 0 Å². The van der Waals surface area contributed by atoms with Gasteiger partial charge in [-0.1, -0.05) is 29.8 Å². The molecule has 0 aliphatic heterocycles. The average Bonchev–Trinajstić information content (AvgIpc) is 2.46. The van der Waals surface area contributed by atoms with Crippen LogP contribution in [0.15, 0.2) is 48.5 Å². The van der Waals surface area contributed by atoms with Crippen molar-refractivity contribution in [3.8, 4) is 5.75 Å². The van der Waals surface area contributed by atoms with Gasteiger partial charge in [-0.25, -0.2) is 0 Å². The van der Waals surface area contributed by atoms with Gasteiger partial charge in [-0.3, -0.25) is 0 Å². The number of aliphatic hydroxyl groups excluding tert-OH is 1. The van der Waals surface area contributed by atoms with Crippen molar-refractivity contribution < 1.29 is 9.84 Å². The summed E-state index contributed by atoms with van der Waals surface area (Å²) in [4.78, 5) is 0. The summed E-state index contributed by atoms with van der Waals surface area (Å²) in [5.41, 5.74) is 1.98. The van der Waals surface area contributed by atoms with E-state index in [1.807, 2.05) is 43.3 Å². The minimum atomic E-state index is -0.578. The van der Waals surface area contributed by atoms with Crippen LogP contribution >= 0.6 is 11.6 Å². The maximum absolute atomic E-state index is 9.90. The summed E-state index contributed by atoms with van der Waals surface area (Å²) in [7, 11) is 0. The lowest BCUT2D eigenvalue weighted by Crippen LogP contribution is -2.26. The summed E-state index contributed by atoms with van der Waals surface area (Å²) >= 11 is 5.81. The van der Waals surface area contributed by atoms with Crippen molar-refractivity contribution in [2.24, 2.45) is 0 Å². The van der Waals surface area contributed by atoms with Crippen LogP contribution in [0.3, 0.4) is 0 Å². The maximum Gasteiger partial charge on any atom is 0.122 e. The van der Waals surface area contributed by atoms with Crippen LogP contribution in [-0.4, -0.2) is 24.4 Å². The number of para-hydroxylation sites is 1. The van der Waals surface area contributed by atoms with E-state index in [4.69, 9.17) is 16.3 Å². The highest BCUT2D eigenvalue weighted by atomic mass is 35.5. The first-order valence-corrected chi connectivity index (χ1v) is 6.89. The molecule has 3 nitrogen and oxygen atoms in total. The molecule has 0 radical (unpaired) electrons. The number of nitrogens with one attached hydrogen (secondary N) is 1. The lowest BCUT2D eigenvalue weighted by atomic mass is 10.2. The molecular formula is C16H18ClNO2. The van der Waals surface area contributed by atoms with Crippen LogP contribution in [0.25, 0.3) is 0 Å². The Hall–Kier alpha value is -1.71. The molecule has 2 N–H and O–H groups in total. The molecule has 0 aromatic heterocycles. The van der Waals surface area contributed by atoms with Crippen LogP contribution in [0.2, 0.25) is 5.02 Å². The van der Waals surface area contributed by atoms with Crippen molar-refractivity contribution in [2.45, 2.75) is 13.0 Å². The van der Waals surface area contributed by atoms with Gasteiger partial charge >= 0.3 is 0 Å². The molecule has 0 aliphatic rings. The Morgan fingerprint density at radius 1 is 1.15 bits per heavy atom. The van der Waals surface area contributed by atoms with Crippen molar-refractivity contribution in [3.63, 3.8) is 0 Å². The largest absolute Gasteiger partial charge is 0.491 e. The van der Waals surface area contributed by atoms with E-state index in [2.05, 4.69) is 5.32 Å². The molecule has 0 spiro atoms. The highest BCUT2D eigenvalue weighted by molar-refractivity contribution is 6.30. The molecule has 4 heteroatoms. The Morgan fingerprint density at radius 3 is 2.55 bits per heavy atom. The number of hydrogen-bond donors (Lipinski definition) is 2. The minimum absolute atomic E-state index is 0.255. The number of aliphatic hydroxyl groups is 1. The molecule has 0 bridgehead atoms. The van der Waals surface area contributed by atoms with E-state index in [0.29, 0.717) is 11.6 Å². The molecule has 20 heavy (non-hydrogen) atoms. The van der Waals surface area contributed by atoms with Crippen LogP contribution in [-0.2, 0) is 0 Å². The monoisotopic (exact) mass is 291 g/mol. The third-order valence-corrected chi connectivity index (χ3v) is 3.16. The summed E-state index contributed by atoms with van der Waals surface area (Å²) in [6, 6.07) is 15.1. The van der Waals surface area contributed by atoms with E-state index in [-0.39, 0.29) is 6.61 Å². The molecule has 0 saturated carbocycles. The molecule has 1 atom stereocenters. The van der Waals surface area contributed by atoms with Gasteiger partial charge in [0.25, 0.3) is 0 Å². The topological polar surface area (TPSA) is 41.5 Å². The van der Waals surface area contributed by atoms with Crippen LogP contribution in [0.4, 0.5) is 5.69 Å². The first-order chi connectivity index (χ1) is 9.65. The number of halogens is 1. The highest BCUT2D eigenvalue weighted by Crippen LogP contribution is 2.16. The van der Waals surface area contributed by atoms with Crippen LogP contribution in [0.5, 0.6) is 5.75 Å². The van der Waals surface area contributed by atoms with Gasteiger partial charge < -0.3 is 15.2 Å². The second-order valence-corrected chi connectivity index (χ2v) is 5.05. The molecule has 1 unspecified atom stereocenters. The van der Waals surface area contributed by atoms with E-state index >= 15 is 0 Å². The zero-order valence-corrected chi connectivity index (χ0v) is 12.1. The van der Waals surface area contributed by atoms with E-state index in [0.717, 1.165) is 17.0 Å². The van der Waals surface area contributed by atoms with Crippen LogP contribution in [0.1, 0.15) is 5.56 Å². The molecule has 0 saturated heterocycles. The second kappa shape index (κ2) is 7.17. The zero-order valence-electron chi connectivity index (χ0n) is 11.3. The minimum Gasteiger partial charge on any atom is -0.491 e. The van der Waals surface area contributed by atoms with Gasteiger partial charge in [-0.2, -0.15) is 0 Å². The standard InChI is InChI=1S/C16H18ClNO2/c1-12-4-2-3-5-16(12)20-11-15(19)10-18-14-8-6-13(17)7-9-14/h2-9,15,18-19H,10-11H2,1H3. The van der Waals surface area contributed by atoms with Gasteiger partial charge in [-0.05, 0) is 42.8 Å². The summed E-state index contributed by atoms with van der Waals surface area (Å²) in [5, 5.41) is 13.7. The number of benzene rings is 2. The fourth-order valence-corrected chi connectivity index (χ4v) is 1.89. The summed E-state index contributed by atoms with van der Waals surface area (Å²) in [5.74, 6) is 0.804. The zero-order chi connectivity index (χ0) is 14.4. The van der Waals surface area contributed by atoms with Gasteiger partial charge in [0.1, 0.15) is 18.5 Å². The average molecular weight is 292 g/mol. The number of aryl methyl sites for hydroxylation is 1. The van der Waals surface area contributed by atoms with Gasteiger partial charge in [0, 0.05) is 17.3 Å². The number of ether oxygens (including phenoxy) is 1. The number of rotatable bonds is 6. The molecule has 0 heterocycles.